The van der Waals surface area contributed by atoms with Gasteiger partial charge in [-0.25, -0.2) is 4.39 Å². The number of aromatic nitrogens is 2. The van der Waals surface area contributed by atoms with Crippen LogP contribution >= 0.6 is 0 Å². The Bertz CT molecular complexity index is 697. The Morgan fingerprint density at radius 2 is 2.17 bits per heavy atom. The molecule has 2 rings (SSSR count). The number of aryl methyl sites for hydroxylation is 1. The molecule has 1 unspecified atom stereocenters. The van der Waals surface area contributed by atoms with E-state index in [0.717, 1.165) is 17.7 Å². The molecule has 0 saturated heterocycles. The number of carbonyl (C=O) groups excluding carboxylic acids is 1. The molecule has 23 heavy (non-hydrogen) atoms. The third-order valence-corrected chi connectivity index (χ3v) is 3.78. The van der Waals surface area contributed by atoms with Crippen LogP contribution in [-0.4, -0.2) is 22.7 Å². The van der Waals surface area contributed by atoms with Crippen LogP contribution in [0, 0.1) is 12.7 Å². The van der Waals surface area contributed by atoms with Crippen molar-refractivity contribution in [2.24, 2.45) is 0 Å². The SMILES string of the molecule is CCOc1ccc(C(C)NC(=O)c2n[nH]c(CC)c2C)cc1F. The van der Waals surface area contributed by atoms with Crippen LogP contribution in [0.3, 0.4) is 0 Å². The molecular weight excluding hydrogens is 297 g/mol. The predicted molar refractivity (Wildman–Crippen MR) is 86.2 cm³/mol. The first-order valence-corrected chi connectivity index (χ1v) is 7.74. The minimum Gasteiger partial charge on any atom is -0.491 e. The van der Waals surface area contributed by atoms with E-state index in [1.54, 1.807) is 26.0 Å². The fourth-order valence-electron chi connectivity index (χ4n) is 2.41. The molecule has 0 fully saturated rings. The van der Waals surface area contributed by atoms with E-state index in [4.69, 9.17) is 4.74 Å². The maximum absolute atomic E-state index is 13.9. The molecule has 0 radical (unpaired) electrons. The first-order chi connectivity index (χ1) is 11.0. The van der Waals surface area contributed by atoms with Crippen molar-refractivity contribution in [2.45, 2.75) is 40.2 Å². The highest BCUT2D eigenvalue weighted by Gasteiger charge is 2.18. The predicted octanol–water partition coefficient (Wildman–Crippen LogP) is 3.31. The molecule has 5 nitrogen and oxygen atoms in total. The van der Waals surface area contributed by atoms with Crippen molar-refractivity contribution < 1.29 is 13.9 Å². The molecule has 1 amide bonds. The normalized spacial score (nSPS) is 12.0. The van der Waals surface area contributed by atoms with E-state index in [0.29, 0.717) is 17.9 Å². The van der Waals surface area contributed by atoms with E-state index in [9.17, 15) is 9.18 Å². The molecule has 1 atom stereocenters. The van der Waals surface area contributed by atoms with Crippen LogP contribution in [0.2, 0.25) is 0 Å². The summed E-state index contributed by atoms with van der Waals surface area (Å²) in [7, 11) is 0. The van der Waals surface area contributed by atoms with Gasteiger partial charge in [0, 0.05) is 11.3 Å². The number of aromatic amines is 1. The van der Waals surface area contributed by atoms with Gasteiger partial charge < -0.3 is 10.1 Å². The Kier molecular flexibility index (Phi) is 5.36. The van der Waals surface area contributed by atoms with Crippen molar-refractivity contribution in [3.8, 4) is 5.75 Å². The Hall–Kier alpha value is -2.37. The summed E-state index contributed by atoms with van der Waals surface area (Å²) in [5.74, 6) is -0.500. The monoisotopic (exact) mass is 319 g/mol. The standard InChI is InChI=1S/C17H22FN3O2/c1-5-14-10(3)16(21-20-14)17(22)19-11(4)12-7-8-15(23-6-2)13(18)9-12/h7-9,11H,5-6H2,1-4H3,(H,19,22)(H,20,21). The largest absolute Gasteiger partial charge is 0.491 e. The third-order valence-electron chi connectivity index (χ3n) is 3.78. The van der Waals surface area contributed by atoms with Crippen molar-refractivity contribution in [3.63, 3.8) is 0 Å². The van der Waals surface area contributed by atoms with E-state index >= 15 is 0 Å². The van der Waals surface area contributed by atoms with Crippen LogP contribution in [0.25, 0.3) is 0 Å². The van der Waals surface area contributed by atoms with Crippen molar-refractivity contribution in [2.75, 3.05) is 6.61 Å². The molecule has 1 aromatic heterocycles. The lowest BCUT2D eigenvalue weighted by molar-refractivity contribution is 0.0934. The number of hydrogen-bond donors (Lipinski definition) is 2. The van der Waals surface area contributed by atoms with Crippen molar-refractivity contribution >= 4 is 5.91 Å². The molecule has 0 aliphatic rings. The Balaban J connectivity index is 2.11. The molecule has 0 saturated carbocycles. The molecule has 0 spiro atoms. The van der Waals surface area contributed by atoms with Gasteiger partial charge in [-0.1, -0.05) is 13.0 Å². The van der Waals surface area contributed by atoms with Gasteiger partial charge in [-0.2, -0.15) is 5.10 Å². The van der Waals surface area contributed by atoms with Crippen LogP contribution in [0.5, 0.6) is 5.75 Å². The van der Waals surface area contributed by atoms with Crippen molar-refractivity contribution in [1.29, 1.82) is 0 Å². The van der Waals surface area contributed by atoms with Crippen LogP contribution < -0.4 is 10.1 Å². The molecule has 2 aromatic rings. The number of benzene rings is 1. The van der Waals surface area contributed by atoms with Crippen LogP contribution in [0.4, 0.5) is 4.39 Å². The molecule has 0 aliphatic carbocycles. The molecular formula is C17H22FN3O2. The molecule has 1 aromatic carbocycles. The molecule has 6 heteroatoms. The number of carbonyl (C=O) groups is 1. The average Bonchev–Trinajstić information content (AvgIpc) is 2.90. The molecule has 1 heterocycles. The second-order valence-electron chi connectivity index (χ2n) is 5.35. The second-order valence-corrected chi connectivity index (χ2v) is 5.35. The van der Waals surface area contributed by atoms with Gasteiger partial charge >= 0.3 is 0 Å². The summed E-state index contributed by atoms with van der Waals surface area (Å²) in [6, 6.07) is 4.36. The quantitative estimate of drug-likeness (QED) is 0.858. The minimum absolute atomic E-state index is 0.213. The summed E-state index contributed by atoms with van der Waals surface area (Å²) in [5.41, 5.74) is 2.83. The summed E-state index contributed by atoms with van der Waals surface area (Å²) >= 11 is 0. The lowest BCUT2D eigenvalue weighted by Crippen LogP contribution is -2.27. The molecule has 0 bridgehead atoms. The number of nitrogens with zero attached hydrogens (tertiary/aromatic N) is 1. The van der Waals surface area contributed by atoms with Gasteiger partial charge in [-0.3, -0.25) is 9.89 Å². The van der Waals surface area contributed by atoms with Gasteiger partial charge in [0.1, 0.15) is 0 Å². The van der Waals surface area contributed by atoms with Gasteiger partial charge in [0.25, 0.3) is 5.91 Å². The van der Waals surface area contributed by atoms with E-state index in [1.165, 1.54) is 6.07 Å². The van der Waals surface area contributed by atoms with E-state index in [-0.39, 0.29) is 17.7 Å². The zero-order chi connectivity index (χ0) is 17.0. The highest BCUT2D eigenvalue weighted by Crippen LogP contribution is 2.22. The average molecular weight is 319 g/mol. The zero-order valence-corrected chi connectivity index (χ0v) is 13.9. The molecule has 124 valence electrons. The fraction of sp³-hybridized carbons (Fsp3) is 0.412. The highest BCUT2D eigenvalue weighted by atomic mass is 19.1. The lowest BCUT2D eigenvalue weighted by Gasteiger charge is -2.15. The van der Waals surface area contributed by atoms with Crippen LogP contribution in [0.15, 0.2) is 18.2 Å². The molecule has 0 aliphatic heterocycles. The molecule has 2 N–H and O–H groups in total. The van der Waals surface area contributed by atoms with E-state index in [2.05, 4.69) is 15.5 Å². The van der Waals surface area contributed by atoms with Crippen molar-refractivity contribution in [1.82, 2.24) is 15.5 Å². The fourth-order valence-corrected chi connectivity index (χ4v) is 2.41. The number of rotatable bonds is 6. The summed E-state index contributed by atoms with van der Waals surface area (Å²) in [6.07, 6.45) is 0.784. The third kappa shape index (κ3) is 3.70. The van der Waals surface area contributed by atoms with Crippen LogP contribution in [0.1, 0.15) is 54.1 Å². The minimum atomic E-state index is -0.435. The maximum atomic E-state index is 13.9. The van der Waals surface area contributed by atoms with Crippen molar-refractivity contribution in [3.05, 3.63) is 46.5 Å². The number of halogens is 1. The zero-order valence-electron chi connectivity index (χ0n) is 13.9. The van der Waals surface area contributed by atoms with E-state index < -0.39 is 5.82 Å². The second kappa shape index (κ2) is 7.26. The summed E-state index contributed by atoms with van der Waals surface area (Å²) in [5, 5.41) is 9.76. The number of nitrogens with one attached hydrogen (secondary N) is 2. The highest BCUT2D eigenvalue weighted by molar-refractivity contribution is 5.94. The Morgan fingerprint density at radius 1 is 1.43 bits per heavy atom. The summed E-state index contributed by atoms with van der Waals surface area (Å²) < 4.78 is 19.1. The Labute approximate surface area is 135 Å². The van der Waals surface area contributed by atoms with Gasteiger partial charge in [0.2, 0.25) is 0 Å². The number of hydrogen-bond acceptors (Lipinski definition) is 3. The lowest BCUT2D eigenvalue weighted by atomic mass is 10.1. The first kappa shape index (κ1) is 17.0. The summed E-state index contributed by atoms with van der Waals surface area (Å²) in [6.45, 7) is 7.86. The topological polar surface area (TPSA) is 67.0 Å². The van der Waals surface area contributed by atoms with E-state index in [1.807, 2.05) is 13.8 Å². The van der Waals surface area contributed by atoms with Crippen LogP contribution in [-0.2, 0) is 6.42 Å². The smallest absolute Gasteiger partial charge is 0.272 e. The number of amides is 1. The first-order valence-electron chi connectivity index (χ1n) is 7.74. The van der Waals surface area contributed by atoms with Gasteiger partial charge in [-0.15, -0.1) is 0 Å². The summed E-state index contributed by atoms with van der Waals surface area (Å²) in [4.78, 5) is 12.3. The van der Waals surface area contributed by atoms with Gasteiger partial charge in [-0.05, 0) is 44.9 Å². The number of H-pyrrole nitrogens is 1. The Morgan fingerprint density at radius 3 is 2.74 bits per heavy atom. The maximum Gasteiger partial charge on any atom is 0.272 e. The number of ether oxygens (including phenoxy) is 1. The van der Waals surface area contributed by atoms with Gasteiger partial charge in [0.05, 0.1) is 12.6 Å². The van der Waals surface area contributed by atoms with Gasteiger partial charge in [0.15, 0.2) is 17.3 Å².